The quantitative estimate of drug-likeness (QED) is 0.423. The lowest BCUT2D eigenvalue weighted by atomic mass is 9.72. The van der Waals surface area contributed by atoms with E-state index in [2.05, 4.69) is 25.1 Å². The van der Waals surface area contributed by atoms with E-state index in [1.54, 1.807) is 31.1 Å². The number of rotatable bonds is 7. The van der Waals surface area contributed by atoms with Crippen molar-refractivity contribution in [1.29, 1.82) is 0 Å². The minimum atomic E-state index is -0.572. The van der Waals surface area contributed by atoms with Crippen LogP contribution in [0, 0.1) is 0 Å². The molecule has 0 saturated heterocycles. The van der Waals surface area contributed by atoms with E-state index in [1.807, 2.05) is 63.4 Å². The van der Waals surface area contributed by atoms with Gasteiger partial charge >= 0.3 is 6.09 Å². The van der Waals surface area contributed by atoms with Crippen molar-refractivity contribution in [2.45, 2.75) is 70.8 Å². The molecule has 10 heteroatoms. The predicted octanol–water partition coefficient (Wildman–Crippen LogP) is 4.76. The van der Waals surface area contributed by atoms with E-state index in [-0.39, 0.29) is 17.4 Å². The van der Waals surface area contributed by atoms with Crippen LogP contribution in [0.2, 0.25) is 0 Å². The topological polar surface area (TPSA) is 109 Å². The van der Waals surface area contributed by atoms with E-state index in [4.69, 9.17) is 4.74 Å². The fraction of sp³-hybridized carbons (Fsp3) is 0.438. The predicted molar refractivity (Wildman–Crippen MR) is 160 cm³/mol. The van der Waals surface area contributed by atoms with Gasteiger partial charge in [-0.15, -0.1) is 0 Å². The number of carbonyl (C=O) groups excluding carboxylic acids is 3. The Morgan fingerprint density at radius 1 is 0.976 bits per heavy atom. The summed E-state index contributed by atoms with van der Waals surface area (Å²) in [5, 5.41) is 5.71. The number of hydrogen-bond donors (Lipinski definition) is 2. The Hall–Kier alpha value is -4.18. The van der Waals surface area contributed by atoms with Gasteiger partial charge < -0.3 is 19.5 Å². The Morgan fingerprint density at radius 2 is 1.64 bits per heavy atom. The standard InChI is InChI=1S/C32H40N6O4/c1-31(2,3)42-30(41)35-25-13-9-22(10-14-25)19-34-28(39)27-33-20-26-32(15-6-16-32)37(17-18-38(26)27)21-23-7-11-24(12-8-23)29(40)36(4)5/h7-14,20H,6,15-19,21H2,1-5H3,(H,34,39)(H,35,41). The molecule has 42 heavy (non-hydrogen) atoms. The van der Waals surface area contributed by atoms with Gasteiger partial charge in [-0.25, -0.2) is 9.78 Å². The monoisotopic (exact) mass is 572 g/mol. The molecule has 10 nitrogen and oxygen atoms in total. The van der Waals surface area contributed by atoms with Crippen molar-refractivity contribution in [2.24, 2.45) is 0 Å². The second-order valence-electron chi connectivity index (χ2n) is 12.3. The molecular formula is C32H40N6O4. The Kier molecular flexibility index (Phi) is 8.10. The molecule has 2 aliphatic rings. The summed E-state index contributed by atoms with van der Waals surface area (Å²) in [6.07, 6.45) is 4.56. The van der Waals surface area contributed by atoms with Gasteiger partial charge in [0.2, 0.25) is 0 Å². The summed E-state index contributed by atoms with van der Waals surface area (Å²) in [5.41, 5.74) is 3.77. The number of hydrogen-bond acceptors (Lipinski definition) is 6. The lowest BCUT2D eigenvalue weighted by Gasteiger charge is -2.53. The highest BCUT2D eigenvalue weighted by Crippen LogP contribution is 2.49. The van der Waals surface area contributed by atoms with Crippen LogP contribution < -0.4 is 10.6 Å². The second-order valence-corrected chi connectivity index (χ2v) is 12.3. The van der Waals surface area contributed by atoms with E-state index in [0.717, 1.165) is 49.2 Å². The van der Waals surface area contributed by atoms with Gasteiger partial charge in [0.15, 0.2) is 5.82 Å². The maximum atomic E-state index is 13.2. The van der Waals surface area contributed by atoms with Crippen LogP contribution >= 0.6 is 0 Å². The maximum Gasteiger partial charge on any atom is 0.412 e. The van der Waals surface area contributed by atoms with Crippen LogP contribution in [0.25, 0.3) is 0 Å². The van der Waals surface area contributed by atoms with Crippen molar-refractivity contribution >= 4 is 23.6 Å². The zero-order valence-electron chi connectivity index (χ0n) is 25.1. The van der Waals surface area contributed by atoms with Crippen LogP contribution in [0.5, 0.6) is 0 Å². The first kappa shape index (κ1) is 29.3. The smallest absolute Gasteiger partial charge is 0.412 e. The number of aromatic nitrogens is 2. The maximum absolute atomic E-state index is 13.2. The van der Waals surface area contributed by atoms with Gasteiger partial charge in [0.25, 0.3) is 11.8 Å². The third kappa shape index (κ3) is 6.18. The van der Waals surface area contributed by atoms with E-state index < -0.39 is 11.7 Å². The molecule has 3 amide bonds. The summed E-state index contributed by atoms with van der Waals surface area (Å²) < 4.78 is 7.37. The molecule has 1 fully saturated rings. The first-order valence-corrected chi connectivity index (χ1v) is 14.4. The van der Waals surface area contributed by atoms with E-state index in [9.17, 15) is 14.4 Å². The molecule has 5 rings (SSSR count). The van der Waals surface area contributed by atoms with Gasteiger partial charge in [-0.1, -0.05) is 24.3 Å². The molecule has 0 bridgehead atoms. The largest absolute Gasteiger partial charge is 0.444 e. The zero-order valence-corrected chi connectivity index (χ0v) is 25.1. The van der Waals surface area contributed by atoms with Crippen LogP contribution in [0.3, 0.4) is 0 Å². The third-order valence-electron chi connectivity index (χ3n) is 7.95. The second kappa shape index (κ2) is 11.6. The Bertz CT molecular complexity index is 1450. The van der Waals surface area contributed by atoms with Gasteiger partial charge in [0.05, 0.1) is 17.4 Å². The average Bonchev–Trinajstić information content (AvgIpc) is 3.35. The Morgan fingerprint density at radius 3 is 2.24 bits per heavy atom. The molecule has 0 radical (unpaired) electrons. The van der Waals surface area contributed by atoms with Crippen molar-refractivity contribution in [2.75, 3.05) is 26.0 Å². The van der Waals surface area contributed by atoms with E-state index in [1.165, 1.54) is 0 Å². The number of imidazole rings is 1. The molecule has 2 N–H and O–H groups in total. The summed E-state index contributed by atoms with van der Waals surface area (Å²) >= 11 is 0. The number of ether oxygens (including phenoxy) is 1. The van der Waals surface area contributed by atoms with Gasteiger partial charge in [0.1, 0.15) is 5.60 Å². The van der Waals surface area contributed by atoms with Crippen LogP contribution in [0.4, 0.5) is 10.5 Å². The first-order chi connectivity index (χ1) is 19.9. The van der Waals surface area contributed by atoms with Crippen LogP contribution in [-0.2, 0) is 29.9 Å². The summed E-state index contributed by atoms with van der Waals surface area (Å²) in [5.74, 6) is 0.226. The molecule has 222 valence electrons. The van der Waals surface area contributed by atoms with Crippen molar-refractivity contribution < 1.29 is 19.1 Å². The zero-order chi connectivity index (χ0) is 30.1. The van der Waals surface area contributed by atoms with Crippen LogP contribution in [0.15, 0.2) is 54.7 Å². The van der Waals surface area contributed by atoms with Crippen molar-refractivity contribution in [1.82, 2.24) is 24.7 Å². The molecule has 1 aliphatic carbocycles. The average molecular weight is 573 g/mol. The molecule has 3 aromatic rings. The van der Waals surface area contributed by atoms with Crippen molar-refractivity contribution in [3.05, 3.63) is 82.9 Å². The summed E-state index contributed by atoms with van der Waals surface area (Å²) in [6, 6.07) is 15.1. The number of benzene rings is 2. The number of nitrogens with one attached hydrogen (secondary N) is 2. The fourth-order valence-corrected chi connectivity index (χ4v) is 5.69. The molecule has 1 aliphatic heterocycles. The molecule has 1 saturated carbocycles. The number of carbonyl (C=O) groups is 3. The first-order valence-electron chi connectivity index (χ1n) is 14.4. The summed E-state index contributed by atoms with van der Waals surface area (Å²) in [6.45, 7) is 8.06. The summed E-state index contributed by atoms with van der Waals surface area (Å²) in [7, 11) is 3.51. The number of nitrogens with zero attached hydrogens (tertiary/aromatic N) is 4. The third-order valence-corrected chi connectivity index (χ3v) is 7.95. The van der Waals surface area contributed by atoms with E-state index >= 15 is 0 Å². The Balaban J connectivity index is 1.21. The van der Waals surface area contributed by atoms with Gasteiger partial charge in [-0.2, -0.15) is 0 Å². The molecular weight excluding hydrogens is 532 g/mol. The van der Waals surface area contributed by atoms with E-state index in [0.29, 0.717) is 30.2 Å². The van der Waals surface area contributed by atoms with Crippen LogP contribution in [0.1, 0.15) is 77.8 Å². The molecule has 2 aromatic carbocycles. The molecule has 0 unspecified atom stereocenters. The lowest BCUT2D eigenvalue weighted by Crippen LogP contribution is -2.56. The fourth-order valence-electron chi connectivity index (χ4n) is 5.69. The molecule has 2 heterocycles. The highest BCUT2D eigenvalue weighted by atomic mass is 16.6. The highest BCUT2D eigenvalue weighted by Gasteiger charge is 2.49. The SMILES string of the molecule is CN(C)C(=O)c1ccc(CN2CCn3c(cnc3C(=O)NCc3ccc(NC(=O)OC(C)(C)C)cc3)C23CCC3)cc1. The number of fused-ring (bicyclic) bond motifs is 2. The minimum absolute atomic E-state index is 0.00286. The summed E-state index contributed by atoms with van der Waals surface area (Å²) in [4.78, 5) is 46.1. The molecule has 1 spiro atoms. The van der Waals surface area contributed by atoms with Crippen molar-refractivity contribution in [3.8, 4) is 0 Å². The minimum Gasteiger partial charge on any atom is -0.444 e. The van der Waals surface area contributed by atoms with Gasteiger partial charge in [-0.05, 0) is 75.4 Å². The molecule has 0 atom stereocenters. The van der Waals surface area contributed by atoms with Gasteiger partial charge in [-0.3, -0.25) is 19.8 Å². The van der Waals surface area contributed by atoms with Crippen LogP contribution in [-0.4, -0.2) is 63.5 Å². The number of anilines is 1. The van der Waals surface area contributed by atoms with Gasteiger partial charge in [0, 0.05) is 51.5 Å². The molecule has 1 aromatic heterocycles. The Labute approximate surface area is 247 Å². The normalized spacial score (nSPS) is 15.8. The lowest BCUT2D eigenvalue weighted by molar-refractivity contribution is -0.0217. The highest BCUT2D eigenvalue weighted by molar-refractivity contribution is 5.94. The van der Waals surface area contributed by atoms with Crippen molar-refractivity contribution in [3.63, 3.8) is 0 Å². The number of amides is 3.